The maximum atomic E-state index is 12.6. The molecule has 2 aromatic rings. The van der Waals surface area contributed by atoms with Crippen LogP contribution in [0.25, 0.3) is 10.9 Å². The van der Waals surface area contributed by atoms with E-state index in [-0.39, 0.29) is 5.82 Å². The molecule has 0 aliphatic rings. The number of hydrogen-bond donors (Lipinski definition) is 1. The Morgan fingerprint density at radius 1 is 1.45 bits per heavy atom. The number of halogens is 1. The van der Waals surface area contributed by atoms with Crippen molar-refractivity contribution >= 4 is 25.6 Å². The molecule has 0 saturated carbocycles. The highest BCUT2D eigenvalue weighted by molar-refractivity contribution is 7.27. The van der Waals surface area contributed by atoms with E-state index < -0.39 is 0 Å². The lowest BCUT2D eigenvalue weighted by Crippen LogP contribution is -1.89. The molecule has 0 spiro atoms. The number of H-pyrrole nitrogens is 1. The molecule has 1 aromatic heterocycles. The van der Waals surface area contributed by atoms with Gasteiger partial charge in [-0.05, 0) is 18.2 Å². The lowest BCUT2D eigenvalue weighted by Gasteiger charge is -1.88. The van der Waals surface area contributed by atoms with Crippen molar-refractivity contribution < 1.29 is 4.39 Å². The fraction of sp³-hybridized carbons (Fsp3) is 0. The minimum Gasteiger partial charge on any atom is -0.277 e. The van der Waals surface area contributed by atoms with Crippen LogP contribution in [-0.4, -0.2) is 10.2 Å². The average Bonchev–Trinajstić information content (AvgIpc) is 2.32. The molecule has 0 amide bonds. The molecule has 1 atom stereocenters. The molecule has 0 aliphatic heterocycles. The second-order valence-corrected chi connectivity index (χ2v) is 2.85. The monoisotopic (exact) mass is 168 g/mol. The normalized spacial score (nSPS) is 10.7. The van der Waals surface area contributed by atoms with Crippen molar-refractivity contribution in [2.75, 3.05) is 0 Å². The van der Waals surface area contributed by atoms with Crippen LogP contribution in [0.15, 0.2) is 18.2 Å². The van der Waals surface area contributed by atoms with Crippen LogP contribution in [-0.2, 0) is 0 Å². The first-order valence-corrected chi connectivity index (χ1v) is 3.74. The van der Waals surface area contributed by atoms with Crippen LogP contribution in [0.4, 0.5) is 4.39 Å². The number of fused-ring (bicyclic) bond motifs is 1. The van der Waals surface area contributed by atoms with E-state index in [2.05, 4.69) is 19.4 Å². The summed E-state index contributed by atoms with van der Waals surface area (Å²) >= 11 is 0. The van der Waals surface area contributed by atoms with Crippen molar-refractivity contribution in [3.8, 4) is 0 Å². The van der Waals surface area contributed by atoms with Crippen LogP contribution < -0.4 is 5.44 Å². The zero-order valence-corrected chi connectivity index (χ0v) is 6.79. The Morgan fingerprint density at radius 2 is 2.27 bits per heavy atom. The summed E-state index contributed by atoms with van der Waals surface area (Å²) < 4.78 is 12.6. The topological polar surface area (TPSA) is 28.7 Å². The van der Waals surface area contributed by atoms with Gasteiger partial charge in [-0.2, -0.15) is 5.10 Å². The smallest absolute Gasteiger partial charge is 0.125 e. The van der Waals surface area contributed by atoms with Crippen LogP contribution in [0.3, 0.4) is 0 Å². The van der Waals surface area contributed by atoms with Crippen LogP contribution >= 0.6 is 9.24 Å². The quantitative estimate of drug-likeness (QED) is 0.588. The second-order valence-electron chi connectivity index (χ2n) is 2.30. The fourth-order valence-corrected chi connectivity index (χ4v) is 1.33. The van der Waals surface area contributed by atoms with Crippen molar-refractivity contribution in [1.82, 2.24) is 10.2 Å². The van der Waals surface area contributed by atoms with Crippen LogP contribution in [0.2, 0.25) is 0 Å². The zero-order chi connectivity index (χ0) is 7.84. The maximum Gasteiger partial charge on any atom is 0.125 e. The van der Waals surface area contributed by atoms with E-state index in [9.17, 15) is 4.39 Å². The van der Waals surface area contributed by atoms with Gasteiger partial charge in [0.1, 0.15) is 5.82 Å². The summed E-state index contributed by atoms with van der Waals surface area (Å²) in [5.74, 6) is -0.244. The molecule has 0 radical (unpaired) electrons. The van der Waals surface area contributed by atoms with Crippen LogP contribution in [0.5, 0.6) is 0 Å². The van der Waals surface area contributed by atoms with Crippen molar-refractivity contribution in [1.29, 1.82) is 0 Å². The number of hydrogen-bond acceptors (Lipinski definition) is 1. The Balaban J connectivity index is 2.86. The average molecular weight is 168 g/mol. The molecule has 0 bridgehead atoms. The molecule has 0 aliphatic carbocycles. The van der Waals surface area contributed by atoms with Gasteiger partial charge in [0.05, 0.1) is 11.0 Å². The molecule has 2 nitrogen and oxygen atoms in total. The van der Waals surface area contributed by atoms with Crippen molar-refractivity contribution in [2.45, 2.75) is 0 Å². The lowest BCUT2D eigenvalue weighted by molar-refractivity contribution is 0.629. The highest BCUT2D eigenvalue weighted by atomic mass is 31.0. The third-order valence-electron chi connectivity index (χ3n) is 1.55. The van der Waals surface area contributed by atoms with Gasteiger partial charge in [-0.25, -0.2) is 4.39 Å². The fourth-order valence-electron chi connectivity index (χ4n) is 1.01. The van der Waals surface area contributed by atoms with Gasteiger partial charge in [0.2, 0.25) is 0 Å². The van der Waals surface area contributed by atoms with Crippen LogP contribution in [0.1, 0.15) is 0 Å². The summed E-state index contributed by atoms with van der Waals surface area (Å²) in [6, 6.07) is 4.55. The molecule has 2 rings (SSSR count). The standard InChI is InChI=1S/C7H6FN2P/c8-4-1-2-5-6(3-4)9-10-7(5)11/h1-3H,11H2,(H,9,10). The molecule has 11 heavy (non-hydrogen) atoms. The third-order valence-corrected chi connectivity index (χ3v) is 1.99. The third kappa shape index (κ3) is 1.02. The van der Waals surface area contributed by atoms with Gasteiger partial charge in [-0.1, -0.05) is 9.24 Å². The van der Waals surface area contributed by atoms with E-state index >= 15 is 0 Å². The van der Waals surface area contributed by atoms with Gasteiger partial charge in [0.25, 0.3) is 0 Å². The summed E-state index contributed by atoms with van der Waals surface area (Å²) in [5, 5.41) is 7.57. The first-order valence-electron chi connectivity index (χ1n) is 3.16. The maximum absolute atomic E-state index is 12.6. The highest BCUT2D eigenvalue weighted by Crippen LogP contribution is 2.11. The van der Waals surface area contributed by atoms with E-state index in [4.69, 9.17) is 0 Å². The lowest BCUT2D eigenvalue weighted by atomic mass is 10.2. The zero-order valence-electron chi connectivity index (χ0n) is 5.63. The Labute approximate surface area is 65.0 Å². The number of nitrogens with one attached hydrogen (secondary N) is 1. The summed E-state index contributed by atoms with van der Waals surface area (Å²) in [6.45, 7) is 0. The summed E-state index contributed by atoms with van der Waals surface area (Å²) in [5.41, 5.74) is 1.55. The predicted molar refractivity (Wildman–Crippen MR) is 45.4 cm³/mol. The number of rotatable bonds is 0. The van der Waals surface area contributed by atoms with E-state index in [0.717, 1.165) is 16.3 Å². The van der Waals surface area contributed by atoms with Gasteiger partial charge in [-0.3, -0.25) is 5.10 Å². The number of nitrogens with zero attached hydrogens (tertiary/aromatic N) is 1. The summed E-state index contributed by atoms with van der Waals surface area (Å²) in [4.78, 5) is 0. The first-order chi connectivity index (χ1) is 5.27. The van der Waals surface area contributed by atoms with Crippen molar-refractivity contribution in [3.05, 3.63) is 24.0 Å². The van der Waals surface area contributed by atoms with Gasteiger partial charge in [0, 0.05) is 5.39 Å². The van der Waals surface area contributed by atoms with Gasteiger partial charge in [0.15, 0.2) is 0 Å². The summed E-state index contributed by atoms with van der Waals surface area (Å²) in [7, 11) is 2.48. The molecule has 56 valence electrons. The molecule has 1 N–H and O–H groups in total. The Morgan fingerprint density at radius 3 is 3.09 bits per heavy atom. The first kappa shape index (κ1) is 6.74. The van der Waals surface area contributed by atoms with E-state index in [0.29, 0.717) is 0 Å². The highest BCUT2D eigenvalue weighted by Gasteiger charge is 2.00. The number of benzene rings is 1. The SMILES string of the molecule is Fc1ccc2c(P)n[nH]c2c1. The largest absolute Gasteiger partial charge is 0.277 e. The molecule has 0 saturated heterocycles. The minimum atomic E-state index is -0.244. The predicted octanol–water partition coefficient (Wildman–Crippen LogP) is 1.20. The van der Waals surface area contributed by atoms with Crippen molar-refractivity contribution in [2.24, 2.45) is 0 Å². The van der Waals surface area contributed by atoms with E-state index in [1.807, 2.05) is 0 Å². The Bertz CT molecular complexity index is 396. The molecule has 1 aromatic carbocycles. The summed E-state index contributed by atoms with van der Waals surface area (Å²) in [6.07, 6.45) is 0. The van der Waals surface area contributed by atoms with Crippen LogP contribution in [0, 0.1) is 5.82 Å². The van der Waals surface area contributed by atoms with Gasteiger partial charge < -0.3 is 0 Å². The van der Waals surface area contributed by atoms with Gasteiger partial charge in [-0.15, -0.1) is 0 Å². The second kappa shape index (κ2) is 2.28. The van der Waals surface area contributed by atoms with E-state index in [1.165, 1.54) is 12.1 Å². The number of aromatic nitrogens is 2. The van der Waals surface area contributed by atoms with Crippen molar-refractivity contribution in [3.63, 3.8) is 0 Å². The molecular weight excluding hydrogens is 162 g/mol. The Kier molecular flexibility index (Phi) is 1.40. The van der Waals surface area contributed by atoms with Gasteiger partial charge >= 0.3 is 0 Å². The molecule has 1 unspecified atom stereocenters. The molecule has 0 fully saturated rings. The molecular formula is C7H6FN2P. The Hall–Kier alpha value is -0.950. The molecule has 1 heterocycles. The number of aromatic amines is 1. The van der Waals surface area contributed by atoms with E-state index in [1.54, 1.807) is 6.07 Å². The molecule has 4 heteroatoms. The minimum absolute atomic E-state index is 0.244.